The molecule has 1 unspecified atom stereocenters. The van der Waals surface area contributed by atoms with Crippen LogP contribution in [-0.2, 0) is 15.9 Å². The first kappa shape index (κ1) is 14.8. The Morgan fingerprint density at radius 1 is 1.27 bits per heavy atom. The molecule has 7 heteroatoms. The minimum atomic E-state index is -0.529. The third kappa shape index (κ3) is 2.64. The fourth-order valence-corrected chi connectivity index (χ4v) is 3.05. The van der Waals surface area contributed by atoms with Gasteiger partial charge in [-0.1, -0.05) is 0 Å². The summed E-state index contributed by atoms with van der Waals surface area (Å²) < 4.78 is 11.0. The molecule has 0 amide bonds. The van der Waals surface area contributed by atoms with Crippen LogP contribution >= 0.6 is 15.9 Å². The Kier molecular flexibility index (Phi) is 3.98. The number of esters is 2. The average molecular weight is 365 g/mol. The summed E-state index contributed by atoms with van der Waals surface area (Å²) in [7, 11) is 1.28. The summed E-state index contributed by atoms with van der Waals surface area (Å²) in [6, 6.07) is 2.99. The van der Waals surface area contributed by atoms with Crippen molar-refractivity contribution in [1.82, 2.24) is 9.97 Å². The highest BCUT2D eigenvalue weighted by Gasteiger charge is 2.28. The average Bonchev–Trinajstić information content (AvgIpc) is 3.15. The first-order valence-electron chi connectivity index (χ1n) is 6.70. The van der Waals surface area contributed by atoms with E-state index in [9.17, 15) is 9.59 Å². The summed E-state index contributed by atoms with van der Waals surface area (Å²) in [5, 5.41) is 0. The summed E-state index contributed by atoms with van der Waals surface area (Å²) in [6.45, 7) is 0. The number of halogens is 1. The molecule has 0 saturated carbocycles. The topological polar surface area (TPSA) is 81.3 Å². The quantitative estimate of drug-likeness (QED) is 0.846. The van der Waals surface area contributed by atoms with Crippen LogP contribution in [0.5, 0.6) is 0 Å². The van der Waals surface area contributed by atoms with E-state index < -0.39 is 11.9 Å². The molecule has 1 atom stereocenters. The van der Waals surface area contributed by atoms with Crippen LogP contribution < -0.4 is 0 Å². The van der Waals surface area contributed by atoms with Crippen molar-refractivity contribution in [1.29, 1.82) is 0 Å². The largest absolute Gasteiger partial charge is 0.464 e. The molecule has 0 aliphatic heterocycles. The number of carbonyl (C=O) groups is 2. The molecule has 0 spiro atoms. The number of fused-ring (bicyclic) bond motifs is 1. The molecule has 1 aliphatic carbocycles. The van der Waals surface area contributed by atoms with Gasteiger partial charge < -0.3 is 14.5 Å². The van der Waals surface area contributed by atoms with E-state index in [1.54, 1.807) is 12.4 Å². The number of carbonyl (C=O) groups excluding carboxylic acids is 2. The van der Waals surface area contributed by atoms with Gasteiger partial charge in [-0.2, -0.15) is 0 Å². The number of methoxy groups -OCH3 is 1. The van der Waals surface area contributed by atoms with Crippen LogP contribution in [0.4, 0.5) is 0 Å². The van der Waals surface area contributed by atoms with E-state index in [0.29, 0.717) is 0 Å². The molecule has 0 aromatic carbocycles. The predicted molar refractivity (Wildman–Crippen MR) is 80.5 cm³/mol. The Morgan fingerprint density at radius 3 is 2.73 bits per heavy atom. The number of aromatic nitrogens is 2. The van der Waals surface area contributed by atoms with Gasteiger partial charge >= 0.3 is 11.9 Å². The summed E-state index contributed by atoms with van der Waals surface area (Å²) in [5.41, 5.74) is 2.47. The van der Waals surface area contributed by atoms with Gasteiger partial charge in [-0.05, 0) is 46.5 Å². The fourth-order valence-electron chi connectivity index (χ4n) is 2.51. The maximum Gasteiger partial charge on any atom is 0.355 e. The van der Waals surface area contributed by atoms with Gasteiger partial charge in [0.1, 0.15) is 17.5 Å². The zero-order chi connectivity index (χ0) is 15.7. The second-order valence-electron chi connectivity index (χ2n) is 4.90. The lowest BCUT2D eigenvalue weighted by molar-refractivity contribution is 0.0294. The van der Waals surface area contributed by atoms with Crippen LogP contribution in [-0.4, -0.2) is 29.0 Å². The number of hydrogen-bond donors (Lipinski definition) is 1. The fraction of sp³-hybridized carbons (Fsp3) is 0.267. The van der Waals surface area contributed by atoms with Crippen LogP contribution in [0.2, 0.25) is 0 Å². The Morgan fingerprint density at radius 2 is 2.00 bits per heavy atom. The van der Waals surface area contributed by atoms with Gasteiger partial charge in [-0.25, -0.2) is 9.59 Å². The third-order valence-corrected chi connectivity index (χ3v) is 4.29. The molecule has 114 valence electrons. The molecule has 0 bridgehead atoms. The number of rotatable bonds is 3. The lowest BCUT2D eigenvalue weighted by Crippen LogP contribution is -2.11. The van der Waals surface area contributed by atoms with E-state index >= 15 is 0 Å². The summed E-state index contributed by atoms with van der Waals surface area (Å²) in [5.74, 6) is -1.04. The van der Waals surface area contributed by atoms with E-state index in [1.807, 2.05) is 0 Å². The van der Waals surface area contributed by atoms with Crippen molar-refractivity contribution in [3.8, 4) is 0 Å². The second kappa shape index (κ2) is 5.92. The number of nitrogens with zero attached hydrogens (tertiary/aromatic N) is 1. The van der Waals surface area contributed by atoms with Gasteiger partial charge in [-0.3, -0.25) is 4.98 Å². The number of nitrogens with one attached hydrogen (secondary N) is 1. The molecule has 2 aromatic rings. The first-order valence-corrected chi connectivity index (χ1v) is 7.50. The Bertz CT molecular complexity index is 741. The van der Waals surface area contributed by atoms with Crippen molar-refractivity contribution in [3.05, 3.63) is 51.5 Å². The Hall–Kier alpha value is -2.15. The maximum atomic E-state index is 12.2. The highest BCUT2D eigenvalue weighted by molar-refractivity contribution is 9.10. The highest BCUT2D eigenvalue weighted by Crippen LogP contribution is 2.37. The van der Waals surface area contributed by atoms with E-state index in [-0.39, 0.29) is 17.5 Å². The molecular weight excluding hydrogens is 352 g/mol. The van der Waals surface area contributed by atoms with E-state index in [1.165, 1.54) is 19.2 Å². The predicted octanol–water partition coefficient (Wildman–Crippen LogP) is 2.80. The maximum absolute atomic E-state index is 12.2. The molecule has 2 aromatic heterocycles. The summed E-state index contributed by atoms with van der Waals surface area (Å²) in [6.07, 6.45) is 4.68. The van der Waals surface area contributed by atoms with Crippen LogP contribution in [0.3, 0.4) is 0 Å². The lowest BCUT2D eigenvalue weighted by atomic mass is 10.2. The number of aromatic amines is 1. The first-order chi connectivity index (χ1) is 10.6. The zero-order valence-electron chi connectivity index (χ0n) is 11.8. The van der Waals surface area contributed by atoms with Gasteiger partial charge in [0, 0.05) is 22.4 Å². The zero-order valence-corrected chi connectivity index (χ0v) is 13.3. The monoisotopic (exact) mass is 364 g/mol. The molecule has 1 N–H and O–H groups in total. The highest BCUT2D eigenvalue weighted by atomic mass is 79.9. The molecule has 2 heterocycles. The van der Waals surface area contributed by atoms with E-state index in [4.69, 9.17) is 4.74 Å². The van der Waals surface area contributed by atoms with Crippen molar-refractivity contribution < 1.29 is 19.1 Å². The van der Waals surface area contributed by atoms with Crippen molar-refractivity contribution in [2.24, 2.45) is 0 Å². The molecule has 0 fully saturated rings. The molecule has 0 saturated heterocycles. The number of H-pyrrole nitrogens is 1. The van der Waals surface area contributed by atoms with E-state index in [2.05, 4.69) is 30.6 Å². The molecule has 22 heavy (non-hydrogen) atoms. The smallest absolute Gasteiger partial charge is 0.355 e. The van der Waals surface area contributed by atoms with Gasteiger partial charge in [0.2, 0.25) is 0 Å². The number of ether oxygens (including phenoxy) is 2. The SMILES string of the molecule is COC(=O)c1ccc(C(=O)OC2CCc3c(Br)cncc32)[nH]1. The summed E-state index contributed by atoms with van der Waals surface area (Å²) in [4.78, 5) is 30.4. The van der Waals surface area contributed by atoms with Crippen molar-refractivity contribution in [2.75, 3.05) is 7.11 Å². The van der Waals surface area contributed by atoms with Crippen LogP contribution in [0.25, 0.3) is 0 Å². The van der Waals surface area contributed by atoms with E-state index in [0.717, 1.165) is 28.4 Å². The molecule has 3 rings (SSSR count). The summed E-state index contributed by atoms with van der Waals surface area (Å²) >= 11 is 3.45. The number of pyridine rings is 1. The van der Waals surface area contributed by atoms with Crippen molar-refractivity contribution in [2.45, 2.75) is 18.9 Å². The standard InChI is InChI=1S/C15H13BrN2O4/c1-21-14(19)11-3-4-12(18-11)15(20)22-13-5-2-8-9(13)6-17-7-10(8)16/h3-4,6-7,13,18H,2,5H2,1H3. The van der Waals surface area contributed by atoms with Gasteiger partial charge in [0.15, 0.2) is 0 Å². The number of hydrogen-bond acceptors (Lipinski definition) is 5. The Labute approximate surface area is 135 Å². The van der Waals surface area contributed by atoms with Crippen molar-refractivity contribution >= 4 is 27.9 Å². The van der Waals surface area contributed by atoms with Crippen LogP contribution in [0, 0.1) is 0 Å². The third-order valence-electron chi connectivity index (χ3n) is 3.60. The molecule has 0 radical (unpaired) electrons. The normalized spacial score (nSPS) is 16.2. The van der Waals surface area contributed by atoms with Gasteiger partial charge in [-0.15, -0.1) is 0 Å². The van der Waals surface area contributed by atoms with Crippen LogP contribution in [0.15, 0.2) is 29.0 Å². The Balaban J connectivity index is 1.75. The van der Waals surface area contributed by atoms with Gasteiger partial charge in [0.05, 0.1) is 7.11 Å². The van der Waals surface area contributed by atoms with Crippen LogP contribution in [0.1, 0.15) is 44.6 Å². The minimum absolute atomic E-state index is 0.214. The molecule has 1 aliphatic rings. The molecule has 6 nitrogen and oxygen atoms in total. The minimum Gasteiger partial charge on any atom is -0.464 e. The lowest BCUT2D eigenvalue weighted by Gasteiger charge is -2.12. The van der Waals surface area contributed by atoms with Gasteiger partial charge in [0.25, 0.3) is 0 Å². The second-order valence-corrected chi connectivity index (χ2v) is 5.75. The van der Waals surface area contributed by atoms with Crippen molar-refractivity contribution in [3.63, 3.8) is 0 Å². The molecular formula is C15H13BrN2O4.